The largest absolute Gasteiger partial charge is 0.493 e. The first-order chi connectivity index (χ1) is 16.2. The van der Waals surface area contributed by atoms with Crippen molar-refractivity contribution in [1.82, 2.24) is 9.97 Å². The van der Waals surface area contributed by atoms with Crippen molar-refractivity contribution in [2.24, 2.45) is 0 Å². The molecule has 170 valence electrons. The molecule has 0 bridgehead atoms. The monoisotopic (exact) mass is 445 g/mol. The number of methoxy groups -OCH3 is 2. The summed E-state index contributed by atoms with van der Waals surface area (Å²) in [7, 11) is 3.16. The number of nitrogens with zero attached hydrogens (tertiary/aromatic N) is 4. The number of anilines is 3. The molecular weight excluding hydrogens is 418 g/mol. The molecule has 0 aliphatic carbocycles. The zero-order chi connectivity index (χ0) is 23.0. The van der Waals surface area contributed by atoms with Crippen molar-refractivity contribution < 1.29 is 14.3 Å². The molecule has 1 saturated heterocycles. The van der Waals surface area contributed by atoms with Crippen LogP contribution in [-0.4, -0.2) is 56.3 Å². The number of ether oxygens (including phenoxy) is 2. The molecule has 0 spiro atoms. The molecule has 1 aliphatic rings. The van der Waals surface area contributed by atoms with Crippen molar-refractivity contribution in [3.8, 4) is 11.5 Å². The quantitative estimate of drug-likeness (QED) is 0.558. The third-order valence-electron chi connectivity index (χ3n) is 5.46. The van der Waals surface area contributed by atoms with Crippen LogP contribution in [0.1, 0.15) is 5.56 Å². The van der Waals surface area contributed by atoms with Gasteiger partial charge in [0, 0.05) is 44.0 Å². The van der Waals surface area contributed by atoms with E-state index in [0.717, 1.165) is 37.6 Å². The topological polar surface area (TPSA) is 79.8 Å². The number of benzene rings is 2. The number of piperazine rings is 1. The lowest BCUT2D eigenvalue weighted by atomic mass is 10.2. The second-order valence-electron chi connectivity index (χ2n) is 7.51. The van der Waals surface area contributed by atoms with Gasteiger partial charge in [-0.3, -0.25) is 4.79 Å². The molecule has 1 N–H and O–H groups in total. The van der Waals surface area contributed by atoms with Gasteiger partial charge in [-0.2, -0.15) is 0 Å². The fourth-order valence-corrected chi connectivity index (χ4v) is 3.72. The van der Waals surface area contributed by atoms with Gasteiger partial charge in [-0.25, -0.2) is 9.97 Å². The Morgan fingerprint density at radius 3 is 2.36 bits per heavy atom. The number of carbonyl (C=O) groups excluding carboxylic acids is 1. The standard InChI is InChI=1S/C25H27N5O3/c1-32-21-10-8-19(16-22(21)33-2)9-11-25(31)28-23-17-24(27-18-26-23)30-14-12-29(13-15-30)20-6-4-3-5-7-20/h3-11,16-18H,12-15H2,1-2H3,(H,26,27,28,31)/b11-9+. The van der Waals surface area contributed by atoms with Gasteiger partial charge in [0.15, 0.2) is 11.5 Å². The summed E-state index contributed by atoms with van der Waals surface area (Å²) in [5.41, 5.74) is 2.05. The lowest BCUT2D eigenvalue weighted by Gasteiger charge is -2.36. The Bertz CT molecular complexity index is 1110. The summed E-state index contributed by atoms with van der Waals surface area (Å²) in [6, 6.07) is 17.7. The molecule has 2 aromatic carbocycles. The second kappa shape index (κ2) is 10.5. The maximum absolute atomic E-state index is 12.4. The summed E-state index contributed by atoms with van der Waals surface area (Å²) in [6.45, 7) is 3.50. The van der Waals surface area contributed by atoms with Crippen molar-refractivity contribution in [3.63, 3.8) is 0 Å². The number of hydrogen-bond donors (Lipinski definition) is 1. The molecule has 8 heteroatoms. The van der Waals surface area contributed by atoms with Gasteiger partial charge in [0.1, 0.15) is 18.0 Å². The first-order valence-electron chi connectivity index (χ1n) is 10.7. The highest BCUT2D eigenvalue weighted by Gasteiger charge is 2.18. The summed E-state index contributed by atoms with van der Waals surface area (Å²) in [4.78, 5) is 25.6. The van der Waals surface area contributed by atoms with E-state index < -0.39 is 0 Å². The minimum atomic E-state index is -0.275. The molecule has 0 saturated carbocycles. The van der Waals surface area contributed by atoms with Crippen LogP contribution in [0.3, 0.4) is 0 Å². The molecular formula is C25H27N5O3. The summed E-state index contributed by atoms with van der Waals surface area (Å²) < 4.78 is 10.5. The number of amides is 1. The van der Waals surface area contributed by atoms with E-state index in [4.69, 9.17) is 9.47 Å². The second-order valence-corrected chi connectivity index (χ2v) is 7.51. The number of para-hydroxylation sites is 1. The molecule has 0 atom stereocenters. The van der Waals surface area contributed by atoms with Crippen LogP contribution in [0.4, 0.5) is 17.3 Å². The number of rotatable bonds is 7. The van der Waals surface area contributed by atoms with Crippen LogP contribution in [-0.2, 0) is 4.79 Å². The van der Waals surface area contributed by atoms with Crippen LogP contribution in [0.15, 0.2) is 67.0 Å². The van der Waals surface area contributed by atoms with Crippen LogP contribution < -0.4 is 24.6 Å². The van der Waals surface area contributed by atoms with E-state index in [1.54, 1.807) is 38.5 Å². The van der Waals surface area contributed by atoms with Gasteiger partial charge in [0.05, 0.1) is 14.2 Å². The Morgan fingerprint density at radius 2 is 1.64 bits per heavy atom. The highest BCUT2D eigenvalue weighted by Crippen LogP contribution is 2.28. The highest BCUT2D eigenvalue weighted by molar-refractivity contribution is 6.01. The smallest absolute Gasteiger partial charge is 0.249 e. The van der Waals surface area contributed by atoms with Gasteiger partial charge < -0.3 is 24.6 Å². The zero-order valence-corrected chi connectivity index (χ0v) is 18.8. The van der Waals surface area contributed by atoms with E-state index in [1.165, 1.54) is 18.1 Å². The summed E-state index contributed by atoms with van der Waals surface area (Å²) in [5.74, 6) is 2.23. The molecule has 3 aromatic rings. The molecule has 0 radical (unpaired) electrons. The number of hydrogen-bond acceptors (Lipinski definition) is 7. The Kier molecular flexibility index (Phi) is 7.04. The third-order valence-corrected chi connectivity index (χ3v) is 5.46. The summed E-state index contributed by atoms with van der Waals surface area (Å²) in [5, 5.41) is 2.81. The highest BCUT2D eigenvalue weighted by atomic mass is 16.5. The molecule has 1 aromatic heterocycles. The van der Waals surface area contributed by atoms with Gasteiger partial charge in [0.25, 0.3) is 0 Å². The van der Waals surface area contributed by atoms with Gasteiger partial charge in [-0.15, -0.1) is 0 Å². The average molecular weight is 446 g/mol. The van der Waals surface area contributed by atoms with Gasteiger partial charge in [0.2, 0.25) is 5.91 Å². The van der Waals surface area contributed by atoms with Crippen molar-refractivity contribution in [2.45, 2.75) is 0 Å². The Balaban J connectivity index is 1.35. The molecule has 1 fully saturated rings. The summed E-state index contributed by atoms with van der Waals surface area (Å²) >= 11 is 0. The average Bonchev–Trinajstić information content (AvgIpc) is 2.88. The van der Waals surface area contributed by atoms with Crippen molar-refractivity contribution in [3.05, 3.63) is 72.6 Å². The molecule has 0 unspecified atom stereocenters. The molecule has 2 heterocycles. The number of aromatic nitrogens is 2. The van der Waals surface area contributed by atoms with Crippen molar-refractivity contribution >= 4 is 29.3 Å². The minimum absolute atomic E-state index is 0.275. The first kappa shape index (κ1) is 22.1. The predicted molar refractivity (Wildman–Crippen MR) is 130 cm³/mol. The van der Waals surface area contributed by atoms with Crippen molar-refractivity contribution in [1.29, 1.82) is 0 Å². The lowest BCUT2D eigenvalue weighted by molar-refractivity contribution is -0.111. The Morgan fingerprint density at radius 1 is 0.909 bits per heavy atom. The maximum Gasteiger partial charge on any atom is 0.249 e. The van der Waals surface area contributed by atoms with E-state index in [2.05, 4.69) is 49.4 Å². The van der Waals surface area contributed by atoms with E-state index in [0.29, 0.717) is 17.3 Å². The van der Waals surface area contributed by atoms with Crippen molar-refractivity contribution in [2.75, 3.05) is 55.5 Å². The van der Waals surface area contributed by atoms with E-state index >= 15 is 0 Å². The Hall–Kier alpha value is -4.07. The number of carbonyl (C=O) groups is 1. The van der Waals surface area contributed by atoms with Gasteiger partial charge >= 0.3 is 0 Å². The SMILES string of the molecule is COc1ccc(/C=C/C(=O)Nc2cc(N3CCN(c4ccccc4)CC3)ncn2)cc1OC. The van der Waals surface area contributed by atoms with Crippen LogP contribution in [0, 0.1) is 0 Å². The predicted octanol–water partition coefficient (Wildman–Crippen LogP) is 3.47. The van der Waals surface area contributed by atoms with Gasteiger partial charge in [-0.05, 0) is 35.9 Å². The fraction of sp³-hybridized carbons (Fsp3) is 0.240. The van der Waals surface area contributed by atoms with Crippen LogP contribution in [0.5, 0.6) is 11.5 Å². The first-order valence-corrected chi connectivity index (χ1v) is 10.7. The molecule has 33 heavy (non-hydrogen) atoms. The fourth-order valence-electron chi connectivity index (χ4n) is 3.72. The third kappa shape index (κ3) is 5.60. The Labute approximate surface area is 193 Å². The van der Waals surface area contributed by atoms with E-state index in [-0.39, 0.29) is 5.91 Å². The molecule has 8 nitrogen and oxygen atoms in total. The minimum Gasteiger partial charge on any atom is -0.493 e. The number of nitrogens with one attached hydrogen (secondary N) is 1. The van der Waals surface area contributed by atoms with Crippen LogP contribution in [0.2, 0.25) is 0 Å². The van der Waals surface area contributed by atoms with Gasteiger partial charge in [-0.1, -0.05) is 24.3 Å². The normalized spacial score (nSPS) is 13.8. The molecule has 4 rings (SSSR count). The zero-order valence-electron chi connectivity index (χ0n) is 18.8. The lowest BCUT2D eigenvalue weighted by Crippen LogP contribution is -2.46. The van der Waals surface area contributed by atoms with E-state index in [9.17, 15) is 4.79 Å². The molecule has 1 aliphatic heterocycles. The maximum atomic E-state index is 12.4. The van der Waals surface area contributed by atoms with E-state index in [1.807, 2.05) is 12.1 Å². The van der Waals surface area contributed by atoms with Crippen LogP contribution >= 0.6 is 0 Å². The molecule has 1 amide bonds. The summed E-state index contributed by atoms with van der Waals surface area (Å²) in [6.07, 6.45) is 4.65. The van der Waals surface area contributed by atoms with Crippen LogP contribution in [0.25, 0.3) is 6.08 Å².